The highest BCUT2D eigenvalue weighted by molar-refractivity contribution is 7.09. The summed E-state index contributed by atoms with van der Waals surface area (Å²) in [4.78, 5) is 24.0. The van der Waals surface area contributed by atoms with Gasteiger partial charge in [-0.05, 0) is 63.2 Å². The van der Waals surface area contributed by atoms with Gasteiger partial charge in [0.1, 0.15) is 29.2 Å². The molecule has 278 valence electrons. The lowest BCUT2D eigenvalue weighted by atomic mass is 9.76. The maximum Gasteiger partial charge on any atom is 0.311 e. The fourth-order valence-corrected chi connectivity index (χ4v) is 8.63. The largest absolute Gasteiger partial charge is 0.494 e. The lowest BCUT2D eigenvalue weighted by Gasteiger charge is -2.37. The van der Waals surface area contributed by atoms with Gasteiger partial charge in [-0.25, -0.2) is 9.97 Å². The summed E-state index contributed by atoms with van der Waals surface area (Å²) in [5.74, 6) is 1.41. The molecule has 0 spiro atoms. The number of pyridine rings is 1. The van der Waals surface area contributed by atoms with Crippen LogP contribution in [0.5, 0.6) is 11.6 Å². The van der Waals surface area contributed by atoms with E-state index in [0.717, 1.165) is 56.1 Å². The number of thiazole rings is 1. The Morgan fingerprint density at radius 3 is 1.75 bits per heavy atom. The summed E-state index contributed by atoms with van der Waals surface area (Å²) in [6, 6.07) is 60.3. The number of ether oxygens (including phenoxy) is 1. The van der Waals surface area contributed by atoms with Crippen LogP contribution in [0.15, 0.2) is 193 Å². The SMILES string of the molecule is O=c1sc(Cc2ccc(OCc3nc4cccnc4n3Cc3ccc(-c4ccccc4)cc3)cc2)c(O)n1C(c1ccccc1)(c1ccccc1)c1ccccc1. The van der Waals surface area contributed by atoms with Gasteiger partial charge in [0.05, 0.1) is 11.4 Å². The van der Waals surface area contributed by atoms with Crippen LogP contribution in [0.4, 0.5) is 0 Å². The molecule has 1 N–H and O–H groups in total. The molecule has 0 unspecified atom stereocenters. The quantitative estimate of drug-likeness (QED) is 0.125. The van der Waals surface area contributed by atoms with E-state index in [9.17, 15) is 9.90 Å². The van der Waals surface area contributed by atoms with Crippen molar-refractivity contribution in [2.75, 3.05) is 0 Å². The zero-order chi connectivity index (χ0) is 38.6. The first-order valence-corrected chi connectivity index (χ1v) is 19.7. The van der Waals surface area contributed by atoms with Crippen molar-refractivity contribution in [1.29, 1.82) is 0 Å². The number of hydrogen-bond acceptors (Lipinski definition) is 6. The summed E-state index contributed by atoms with van der Waals surface area (Å²) in [7, 11) is 0. The minimum absolute atomic E-state index is 0.0518. The Morgan fingerprint density at radius 1 is 0.614 bits per heavy atom. The normalized spacial score (nSPS) is 11.5. The molecule has 0 amide bonds. The highest BCUT2D eigenvalue weighted by Gasteiger charge is 2.42. The van der Waals surface area contributed by atoms with Crippen molar-refractivity contribution in [2.24, 2.45) is 0 Å². The molecule has 0 fully saturated rings. The van der Waals surface area contributed by atoms with Gasteiger partial charge in [0.2, 0.25) is 5.88 Å². The molecule has 0 aliphatic heterocycles. The number of aromatic nitrogens is 4. The minimum atomic E-state index is -1.10. The Labute approximate surface area is 334 Å². The second-order valence-corrected chi connectivity index (χ2v) is 14.9. The van der Waals surface area contributed by atoms with Gasteiger partial charge in [0, 0.05) is 12.6 Å². The lowest BCUT2D eigenvalue weighted by molar-refractivity contribution is 0.291. The highest BCUT2D eigenvalue weighted by Crippen LogP contribution is 2.44. The monoisotopic (exact) mass is 762 g/mol. The molecule has 0 radical (unpaired) electrons. The van der Waals surface area contributed by atoms with Gasteiger partial charge in [0.25, 0.3) is 0 Å². The molecular weight excluding hydrogens is 725 g/mol. The van der Waals surface area contributed by atoms with E-state index in [4.69, 9.17) is 9.72 Å². The number of imidazole rings is 1. The molecule has 0 saturated heterocycles. The van der Waals surface area contributed by atoms with Crippen LogP contribution in [0.25, 0.3) is 22.3 Å². The van der Waals surface area contributed by atoms with Gasteiger partial charge < -0.3 is 14.4 Å². The zero-order valence-electron chi connectivity index (χ0n) is 31.0. The Morgan fingerprint density at radius 2 is 1.16 bits per heavy atom. The van der Waals surface area contributed by atoms with Crippen molar-refractivity contribution in [3.05, 3.63) is 236 Å². The average molecular weight is 763 g/mol. The van der Waals surface area contributed by atoms with Crippen molar-refractivity contribution in [2.45, 2.75) is 25.1 Å². The molecule has 0 atom stereocenters. The summed E-state index contributed by atoms with van der Waals surface area (Å²) < 4.78 is 9.98. The summed E-state index contributed by atoms with van der Waals surface area (Å²) in [5.41, 5.74) is 7.55. The highest BCUT2D eigenvalue weighted by atomic mass is 32.1. The Bertz CT molecular complexity index is 2700. The molecule has 0 aliphatic rings. The fourth-order valence-electron chi connectivity index (χ4n) is 7.68. The molecule has 3 aromatic heterocycles. The fraction of sp³-hybridized carbons (Fsp3) is 0.0816. The molecule has 9 aromatic rings. The van der Waals surface area contributed by atoms with Gasteiger partial charge in [-0.1, -0.05) is 169 Å². The lowest BCUT2D eigenvalue weighted by Crippen LogP contribution is -2.42. The van der Waals surface area contributed by atoms with Crippen LogP contribution in [0.2, 0.25) is 0 Å². The molecule has 0 bridgehead atoms. The number of aromatic hydroxyl groups is 1. The molecule has 8 heteroatoms. The smallest absolute Gasteiger partial charge is 0.311 e. The number of nitrogens with zero attached hydrogens (tertiary/aromatic N) is 4. The summed E-state index contributed by atoms with van der Waals surface area (Å²) in [6.45, 7) is 0.857. The van der Waals surface area contributed by atoms with E-state index in [0.29, 0.717) is 23.6 Å². The van der Waals surface area contributed by atoms with Gasteiger partial charge in [-0.3, -0.25) is 9.36 Å². The van der Waals surface area contributed by atoms with Crippen LogP contribution in [-0.4, -0.2) is 24.2 Å². The van der Waals surface area contributed by atoms with Crippen molar-refractivity contribution in [3.63, 3.8) is 0 Å². The van der Waals surface area contributed by atoms with Crippen LogP contribution < -0.4 is 9.61 Å². The topological polar surface area (TPSA) is 82.2 Å². The van der Waals surface area contributed by atoms with Crippen molar-refractivity contribution in [3.8, 4) is 22.8 Å². The zero-order valence-corrected chi connectivity index (χ0v) is 31.8. The summed E-state index contributed by atoms with van der Waals surface area (Å²) in [6.07, 6.45) is 2.16. The van der Waals surface area contributed by atoms with Crippen molar-refractivity contribution in [1.82, 2.24) is 19.1 Å². The van der Waals surface area contributed by atoms with E-state index in [1.165, 1.54) is 11.1 Å². The predicted octanol–water partition coefficient (Wildman–Crippen LogP) is 10.1. The van der Waals surface area contributed by atoms with Gasteiger partial charge in [0.15, 0.2) is 5.65 Å². The molecular formula is C49H38N4O3S. The van der Waals surface area contributed by atoms with E-state index >= 15 is 0 Å². The van der Waals surface area contributed by atoms with Crippen LogP contribution >= 0.6 is 11.3 Å². The molecule has 0 aliphatic carbocycles. The summed E-state index contributed by atoms with van der Waals surface area (Å²) >= 11 is 1.07. The van der Waals surface area contributed by atoms with Crippen molar-refractivity contribution < 1.29 is 9.84 Å². The van der Waals surface area contributed by atoms with Crippen LogP contribution in [-0.2, 0) is 25.1 Å². The van der Waals surface area contributed by atoms with Crippen molar-refractivity contribution >= 4 is 22.5 Å². The third-order valence-electron chi connectivity index (χ3n) is 10.4. The molecule has 9 rings (SSSR count). The van der Waals surface area contributed by atoms with E-state index in [2.05, 4.69) is 45.9 Å². The number of fused-ring (bicyclic) bond motifs is 1. The van der Waals surface area contributed by atoms with E-state index in [1.807, 2.05) is 146 Å². The van der Waals surface area contributed by atoms with E-state index in [1.54, 1.807) is 10.8 Å². The Hall–Kier alpha value is -7.03. The van der Waals surface area contributed by atoms with Crippen LogP contribution in [0.1, 0.15) is 38.5 Å². The molecule has 6 aromatic carbocycles. The maximum atomic E-state index is 14.2. The first-order valence-electron chi connectivity index (χ1n) is 18.8. The third-order valence-corrected chi connectivity index (χ3v) is 11.3. The Kier molecular flexibility index (Phi) is 9.76. The number of benzene rings is 6. The molecule has 3 heterocycles. The van der Waals surface area contributed by atoms with E-state index < -0.39 is 5.54 Å². The van der Waals surface area contributed by atoms with Gasteiger partial charge in [-0.2, -0.15) is 0 Å². The Balaban J connectivity index is 0.972. The maximum absolute atomic E-state index is 14.2. The third kappa shape index (κ3) is 6.92. The number of hydrogen-bond donors (Lipinski definition) is 1. The van der Waals surface area contributed by atoms with Crippen LogP contribution in [0, 0.1) is 0 Å². The molecule has 57 heavy (non-hydrogen) atoms. The first-order chi connectivity index (χ1) is 28.1. The second-order valence-electron chi connectivity index (χ2n) is 13.9. The minimum Gasteiger partial charge on any atom is -0.494 e. The second kappa shape index (κ2) is 15.6. The van der Waals surface area contributed by atoms with E-state index in [-0.39, 0.29) is 17.4 Å². The number of rotatable bonds is 12. The van der Waals surface area contributed by atoms with Gasteiger partial charge in [-0.15, -0.1) is 0 Å². The molecule has 7 nitrogen and oxygen atoms in total. The first kappa shape index (κ1) is 35.7. The van der Waals surface area contributed by atoms with Gasteiger partial charge >= 0.3 is 4.87 Å². The predicted molar refractivity (Wildman–Crippen MR) is 227 cm³/mol. The van der Waals surface area contributed by atoms with Crippen LogP contribution in [0.3, 0.4) is 0 Å². The molecule has 0 saturated carbocycles. The summed E-state index contributed by atoms with van der Waals surface area (Å²) in [5, 5.41) is 12.0. The average Bonchev–Trinajstić information content (AvgIpc) is 3.76. The standard InChI is InChI=1S/C49H38N4O3S/c54-47-44(57-48(55)53(47)49(39-16-7-2-8-17-39,40-18-9-3-10-19-40)41-20-11-4-12-21-41)32-35-25-29-42(30-26-35)56-34-45-51-43-22-13-31-50-46(43)52(45)33-36-23-27-38(28-24-36)37-14-5-1-6-15-37/h1-31,54H,32-34H2.